The molecule has 28 heavy (non-hydrogen) atoms. The number of benzene rings is 2. The Bertz CT molecular complexity index is 901. The lowest BCUT2D eigenvalue weighted by Gasteiger charge is -2.14. The van der Waals surface area contributed by atoms with Gasteiger partial charge in [0.05, 0.1) is 24.5 Å². The quantitative estimate of drug-likeness (QED) is 0.425. The average molecular weight is 411 g/mol. The van der Waals surface area contributed by atoms with Crippen LogP contribution in [0, 0.1) is 15.9 Å². The van der Waals surface area contributed by atoms with Gasteiger partial charge in [0.1, 0.15) is 17.3 Å². The maximum absolute atomic E-state index is 13.7. The predicted octanol–water partition coefficient (Wildman–Crippen LogP) is 3.51. The third-order valence-corrected chi connectivity index (χ3v) is 4.07. The number of nitrogens with zero attached hydrogens (tertiary/aromatic N) is 1. The summed E-state index contributed by atoms with van der Waals surface area (Å²) in [5, 5.41) is 13.5. The number of nitro groups is 1. The lowest BCUT2D eigenvalue weighted by molar-refractivity contribution is -0.384. The Hall–Kier alpha value is -3.20. The van der Waals surface area contributed by atoms with Crippen LogP contribution >= 0.6 is 11.6 Å². The Morgan fingerprint density at radius 3 is 2.64 bits per heavy atom. The van der Waals surface area contributed by atoms with Gasteiger partial charge in [-0.1, -0.05) is 17.7 Å². The molecule has 8 nitrogen and oxygen atoms in total. The monoisotopic (exact) mass is 410 g/mol. The number of hydrogen-bond donors (Lipinski definition) is 1. The molecular formula is C18H16ClFN2O6. The summed E-state index contributed by atoms with van der Waals surface area (Å²) in [6.07, 6.45) is -1.74. The van der Waals surface area contributed by atoms with E-state index in [1.807, 2.05) is 0 Å². The van der Waals surface area contributed by atoms with Crippen molar-refractivity contribution in [2.75, 3.05) is 12.4 Å². The summed E-state index contributed by atoms with van der Waals surface area (Å²) < 4.78 is 23.6. The normalized spacial score (nSPS) is 11.4. The Labute approximate surface area is 164 Å². The van der Waals surface area contributed by atoms with Crippen molar-refractivity contribution in [3.05, 3.63) is 62.9 Å². The smallest absolute Gasteiger partial charge is 0.311 e. The van der Waals surface area contributed by atoms with Crippen LogP contribution in [0.2, 0.25) is 5.02 Å². The SMILES string of the molecule is COc1ccc(NC(=O)C(C)OC(=O)Cc2c(F)cccc2Cl)c([N+](=O)[O-])c1. The lowest BCUT2D eigenvalue weighted by Crippen LogP contribution is -2.30. The average Bonchev–Trinajstić information content (AvgIpc) is 2.64. The second kappa shape index (κ2) is 9.14. The summed E-state index contributed by atoms with van der Waals surface area (Å²) in [5.41, 5.74) is -0.521. The van der Waals surface area contributed by atoms with Crippen molar-refractivity contribution in [2.45, 2.75) is 19.4 Å². The number of carbonyl (C=O) groups is 2. The molecule has 0 aliphatic rings. The van der Waals surface area contributed by atoms with Gasteiger partial charge in [-0.3, -0.25) is 19.7 Å². The summed E-state index contributed by atoms with van der Waals surface area (Å²) in [5.74, 6) is -2.10. The van der Waals surface area contributed by atoms with E-state index >= 15 is 0 Å². The van der Waals surface area contributed by atoms with Crippen LogP contribution in [0.1, 0.15) is 12.5 Å². The standard InChI is InChI=1S/C18H16ClFN2O6/c1-10(28-17(23)9-12-13(19)4-3-5-14(12)20)18(24)21-15-7-6-11(27-2)8-16(15)22(25)26/h3-8,10H,9H2,1-2H3,(H,21,24). The molecule has 0 aromatic heterocycles. The molecule has 2 aromatic rings. The molecule has 1 atom stereocenters. The highest BCUT2D eigenvalue weighted by Crippen LogP contribution is 2.29. The van der Waals surface area contributed by atoms with E-state index in [-0.39, 0.29) is 27.7 Å². The highest BCUT2D eigenvalue weighted by molar-refractivity contribution is 6.31. The number of hydrogen-bond acceptors (Lipinski definition) is 6. The van der Waals surface area contributed by atoms with Crippen LogP contribution in [0.3, 0.4) is 0 Å². The largest absolute Gasteiger partial charge is 0.496 e. The summed E-state index contributed by atoms with van der Waals surface area (Å²) >= 11 is 5.85. The van der Waals surface area contributed by atoms with Crippen LogP contribution in [-0.4, -0.2) is 30.0 Å². The molecule has 1 N–H and O–H groups in total. The van der Waals surface area contributed by atoms with Gasteiger partial charge in [-0.2, -0.15) is 0 Å². The number of amides is 1. The van der Waals surface area contributed by atoms with Gasteiger partial charge in [-0.25, -0.2) is 4.39 Å². The summed E-state index contributed by atoms with van der Waals surface area (Å²) in [7, 11) is 1.35. The minimum Gasteiger partial charge on any atom is -0.496 e. The molecule has 0 spiro atoms. The Balaban J connectivity index is 2.05. The zero-order chi connectivity index (χ0) is 20.8. The molecule has 0 bridgehead atoms. The van der Waals surface area contributed by atoms with Crippen LogP contribution in [-0.2, 0) is 20.7 Å². The summed E-state index contributed by atoms with van der Waals surface area (Å²) in [6, 6.07) is 7.83. The zero-order valence-electron chi connectivity index (χ0n) is 14.9. The first-order valence-corrected chi connectivity index (χ1v) is 8.36. The molecule has 0 saturated heterocycles. The fourth-order valence-corrected chi connectivity index (χ4v) is 2.50. The second-order valence-electron chi connectivity index (χ2n) is 5.64. The van der Waals surface area contributed by atoms with E-state index in [1.165, 1.54) is 38.3 Å². The van der Waals surface area contributed by atoms with E-state index in [1.54, 1.807) is 0 Å². The first-order chi connectivity index (χ1) is 13.2. The Morgan fingerprint density at radius 1 is 1.32 bits per heavy atom. The molecule has 2 aromatic carbocycles. The third-order valence-electron chi connectivity index (χ3n) is 3.72. The maximum Gasteiger partial charge on any atom is 0.311 e. The number of halogens is 2. The van der Waals surface area contributed by atoms with Crippen molar-refractivity contribution in [1.82, 2.24) is 0 Å². The van der Waals surface area contributed by atoms with Crippen molar-refractivity contribution in [1.29, 1.82) is 0 Å². The van der Waals surface area contributed by atoms with E-state index in [0.29, 0.717) is 0 Å². The number of nitro benzene ring substituents is 1. The molecule has 10 heteroatoms. The number of esters is 1. The topological polar surface area (TPSA) is 108 Å². The van der Waals surface area contributed by atoms with Gasteiger partial charge in [0.25, 0.3) is 11.6 Å². The van der Waals surface area contributed by atoms with Crippen molar-refractivity contribution >= 4 is 34.9 Å². The molecule has 0 saturated carbocycles. The molecule has 0 aliphatic carbocycles. The Morgan fingerprint density at radius 2 is 2.04 bits per heavy atom. The van der Waals surface area contributed by atoms with Gasteiger partial charge in [-0.05, 0) is 31.2 Å². The predicted molar refractivity (Wildman–Crippen MR) is 98.9 cm³/mol. The highest BCUT2D eigenvalue weighted by atomic mass is 35.5. The Kier molecular flexibility index (Phi) is 6.89. The van der Waals surface area contributed by atoms with Gasteiger partial charge >= 0.3 is 5.97 Å². The first kappa shape index (κ1) is 21.1. The van der Waals surface area contributed by atoms with Crippen LogP contribution < -0.4 is 10.1 Å². The number of ether oxygens (including phenoxy) is 2. The number of nitrogens with one attached hydrogen (secondary N) is 1. The minimum absolute atomic E-state index is 0.0485. The highest BCUT2D eigenvalue weighted by Gasteiger charge is 2.23. The molecule has 2 rings (SSSR count). The molecular weight excluding hydrogens is 395 g/mol. The third kappa shape index (κ3) is 5.17. The van der Waals surface area contributed by atoms with Crippen molar-refractivity contribution < 1.29 is 28.4 Å². The molecule has 0 fully saturated rings. The number of anilines is 1. The van der Waals surface area contributed by atoms with E-state index in [4.69, 9.17) is 21.1 Å². The van der Waals surface area contributed by atoms with Crippen molar-refractivity contribution in [2.24, 2.45) is 0 Å². The molecule has 1 amide bonds. The second-order valence-corrected chi connectivity index (χ2v) is 6.05. The fraction of sp³-hybridized carbons (Fsp3) is 0.222. The van der Waals surface area contributed by atoms with E-state index in [0.717, 1.165) is 12.1 Å². The maximum atomic E-state index is 13.7. The van der Waals surface area contributed by atoms with E-state index in [2.05, 4.69) is 5.32 Å². The van der Waals surface area contributed by atoms with Gasteiger partial charge < -0.3 is 14.8 Å². The molecule has 1 unspecified atom stereocenters. The van der Waals surface area contributed by atoms with E-state index in [9.17, 15) is 24.1 Å². The van der Waals surface area contributed by atoms with Crippen molar-refractivity contribution in [3.63, 3.8) is 0 Å². The number of rotatable bonds is 7. The molecule has 148 valence electrons. The van der Waals surface area contributed by atoms with Gasteiger partial charge in [-0.15, -0.1) is 0 Å². The minimum atomic E-state index is -1.28. The van der Waals surface area contributed by atoms with Crippen LogP contribution in [0.15, 0.2) is 36.4 Å². The summed E-state index contributed by atoms with van der Waals surface area (Å²) in [6.45, 7) is 1.28. The van der Waals surface area contributed by atoms with Gasteiger partial charge in [0, 0.05) is 10.6 Å². The lowest BCUT2D eigenvalue weighted by atomic mass is 10.1. The van der Waals surface area contributed by atoms with E-state index < -0.39 is 35.1 Å². The molecule has 0 heterocycles. The first-order valence-electron chi connectivity index (χ1n) is 7.98. The zero-order valence-corrected chi connectivity index (χ0v) is 15.7. The van der Waals surface area contributed by atoms with Crippen LogP contribution in [0.25, 0.3) is 0 Å². The molecule has 0 radical (unpaired) electrons. The fourth-order valence-electron chi connectivity index (χ4n) is 2.27. The number of methoxy groups -OCH3 is 1. The summed E-state index contributed by atoms with van der Waals surface area (Å²) in [4.78, 5) is 34.7. The van der Waals surface area contributed by atoms with Crippen LogP contribution in [0.5, 0.6) is 5.75 Å². The van der Waals surface area contributed by atoms with Crippen molar-refractivity contribution in [3.8, 4) is 5.75 Å². The van der Waals surface area contributed by atoms with Gasteiger partial charge in [0.2, 0.25) is 0 Å². The van der Waals surface area contributed by atoms with Gasteiger partial charge in [0.15, 0.2) is 6.10 Å². The molecule has 0 aliphatic heterocycles. The van der Waals surface area contributed by atoms with Crippen LogP contribution in [0.4, 0.5) is 15.8 Å². The number of carbonyl (C=O) groups excluding carboxylic acids is 2.